The summed E-state index contributed by atoms with van der Waals surface area (Å²) in [6.07, 6.45) is 3.00. The maximum absolute atomic E-state index is 12.5. The molecule has 0 radical (unpaired) electrons. The summed E-state index contributed by atoms with van der Waals surface area (Å²) in [7, 11) is 3.12. The number of hydrogen-bond acceptors (Lipinski definition) is 5. The highest BCUT2D eigenvalue weighted by Gasteiger charge is 2.09. The fourth-order valence-electron chi connectivity index (χ4n) is 2.34. The lowest BCUT2D eigenvalue weighted by atomic mass is 10.1. The molecule has 0 amide bonds. The average Bonchev–Trinajstić information content (AvgIpc) is 2.82. The predicted molar refractivity (Wildman–Crippen MR) is 99.8 cm³/mol. The van der Waals surface area contributed by atoms with Crippen molar-refractivity contribution in [2.75, 3.05) is 26.1 Å². The highest BCUT2D eigenvalue weighted by molar-refractivity contribution is 6.07. The highest BCUT2D eigenvalue weighted by atomic mass is 16.5. The van der Waals surface area contributed by atoms with Gasteiger partial charge >= 0.3 is 0 Å². The van der Waals surface area contributed by atoms with Crippen LogP contribution < -0.4 is 20.2 Å². The summed E-state index contributed by atoms with van der Waals surface area (Å²) in [5.41, 5.74) is 0.926. The van der Waals surface area contributed by atoms with Crippen LogP contribution >= 0.6 is 0 Å². The molecule has 0 atom stereocenters. The van der Waals surface area contributed by atoms with Gasteiger partial charge in [-0.3, -0.25) is 9.59 Å². The number of benzene rings is 1. The standard InChI is InChI=1S/C20H21NO4/c1-4-21-17-8-6-5-7-16(20(17)23)18(22)12-10-14-9-11-15(24-2)13-19(14)25-3/h5-13H,4H2,1-3H3,(H,21,23)/b12-10-. The molecule has 0 saturated heterocycles. The smallest absolute Gasteiger partial charge is 0.212 e. The zero-order chi connectivity index (χ0) is 18.2. The Bertz CT molecular complexity index is 843. The van der Waals surface area contributed by atoms with E-state index in [-0.39, 0.29) is 16.8 Å². The summed E-state index contributed by atoms with van der Waals surface area (Å²) in [4.78, 5) is 24.9. The van der Waals surface area contributed by atoms with Crippen LogP contribution in [0, 0.1) is 0 Å². The zero-order valence-electron chi connectivity index (χ0n) is 14.5. The summed E-state index contributed by atoms with van der Waals surface area (Å²) in [5, 5.41) is 2.97. The van der Waals surface area contributed by atoms with Gasteiger partial charge in [-0.1, -0.05) is 12.1 Å². The molecule has 0 aliphatic rings. The van der Waals surface area contributed by atoms with Crippen molar-refractivity contribution in [3.05, 3.63) is 69.9 Å². The van der Waals surface area contributed by atoms with Gasteiger partial charge in [0, 0.05) is 18.2 Å². The molecule has 2 aromatic rings. The number of allylic oxidation sites excluding steroid dienone is 1. The van der Waals surface area contributed by atoms with Crippen LogP contribution in [0.1, 0.15) is 22.8 Å². The molecule has 2 aromatic carbocycles. The van der Waals surface area contributed by atoms with Gasteiger partial charge in [-0.2, -0.15) is 0 Å². The Kier molecular flexibility index (Phi) is 6.34. The molecule has 0 saturated carbocycles. The predicted octanol–water partition coefficient (Wildman–Crippen LogP) is 3.39. The molecule has 1 N–H and O–H groups in total. The summed E-state index contributed by atoms with van der Waals surface area (Å²) in [6, 6.07) is 11.9. The maximum Gasteiger partial charge on any atom is 0.212 e. The molecule has 0 heterocycles. The van der Waals surface area contributed by atoms with Crippen LogP contribution in [0.15, 0.2) is 53.3 Å². The molecule has 130 valence electrons. The van der Waals surface area contributed by atoms with Gasteiger partial charge in [0.2, 0.25) is 5.43 Å². The first-order chi connectivity index (χ1) is 12.1. The quantitative estimate of drug-likeness (QED) is 0.619. The fourth-order valence-corrected chi connectivity index (χ4v) is 2.34. The summed E-state index contributed by atoms with van der Waals surface area (Å²) in [6.45, 7) is 2.50. The number of rotatable bonds is 7. The van der Waals surface area contributed by atoms with E-state index in [1.54, 1.807) is 56.7 Å². The summed E-state index contributed by atoms with van der Waals surface area (Å²) >= 11 is 0. The van der Waals surface area contributed by atoms with E-state index >= 15 is 0 Å². The Balaban J connectivity index is 2.35. The average molecular weight is 339 g/mol. The molecule has 0 fully saturated rings. The van der Waals surface area contributed by atoms with Crippen molar-refractivity contribution < 1.29 is 14.3 Å². The lowest BCUT2D eigenvalue weighted by molar-refractivity contribution is 0.104. The molecule has 0 aromatic heterocycles. The van der Waals surface area contributed by atoms with E-state index in [1.807, 2.05) is 6.92 Å². The normalized spacial score (nSPS) is 10.5. The third-order valence-corrected chi connectivity index (χ3v) is 3.61. The highest BCUT2D eigenvalue weighted by Crippen LogP contribution is 2.25. The van der Waals surface area contributed by atoms with Crippen molar-refractivity contribution >= 4 is 17.5 Å². The number of carbonyl (C=O) groups is 1. The summed E-state index contributed by atoms with van der Waals surface area (Å²) < 4.78 is 10.5. The van der Waals surface area contributed by atoms with E-state index in [4.69, 9.17) is 9.47 Å². The molecule has 2 rings (SSSR count). The lowest BCUT2D eigenvalue weighted by Gasteiger charge is -2.07. The molecule has 5 nitrogen and oxygen atoms in total. The van der Waals surface area contributed by atoms with E-state index < -0.39 is 0 Å². The molecule has 0 aliphatic carbocycles. The van der Waals surface area contributed by atoms with Gasteiger partial charge in [0.25, 0.3) is 0 Å². The minimum atomic E-state index is -0.363. The molecule has 0 unspecified atom stereocenters. The van der Waals surface area contributed by atoms with Crippen LogP contribution in [0.3, 0.4) is 0 Å². The number of ether oxygens (including phenoxy) is 2. The van der Waals surface area contributed by atoms with Crippen LogP contribution in [0.4, 0.5) is 5.69 Å². The van der Waals surface area contributed by atoms with Crippen molar-refractivity contribution in [1.82, 2.24) is 0 Å². The molecule has 5 heteroatoms. The van der Waals surface area contributed by atoms with Gasteiger partial charge in [-0.05, 0) is 43.3 Å². The van der Waals surface area contributed by atoms with Crippen LogP contribution in [0.25, 0.3) is 6.08 Å². The number of ketones is 1. The van der Waals surface area contributed by atoms with Crippen molar-refractivity contribution in [3.63, 3.8) is 0 Å². The third kappa shape index (κ3) is 4.47. The number of hydrogen-bond donors (Lipinski definition) is 1. The van der Waals surface area contributed by atoms with E-state index in [2.05, 4.69) is 5.32 Å². The second kappa shape index (κ2) is 8.68. The van der Waals surface area contributed by atoms with Gasteiger partial charge in [0.1, 0.15) is 11.5 Å². The summed E-state index contributed by atoms with van der Waals surface area (Å²) in [5.74, 6) is 0.878. The Hall–Kier alpha value is -3.08. The Morgan fingerprint density at radius 1 is 1.12 bits per heavy atom. The SMILES string of the molecule is CCNc1ccccc(C(=O)/C=C\c2ccc(OC)cc2OC)c1=O. The van der Waals surface area contributed by atoms with Crippen LogP contribution in [0.2, 0.25) is 0 Å². The Morgan fingerprint density at radius 3 is 2.56 bits per heavy atom. The van der Waals surface area contributed by atoms with E-state index in [0.29, 0.717) is 23.7 Å². The van der Waals surface area contributed by atoms with Gasteiger partial charge in [-0.25, -0.2) is 0 Å². The van der Waals surface area contributed by atoms with Gasteiger partial charge < -0.3 is 14.8 Å². The van der Waals surface area contributed by atoms with Gasteiger partial charge in [0.15, 0.2) is 5.78 Å². The minimum absolute atomic E-state index is 0.115. The molecule has 0 spiro atoms. The largest absolute Gasteiger partial charge is 0.497 e. The van der Waals surface area contributed by atoms with E-state index in [9.17, 15) is 9.59 Å². The maximum atomic E-state index is 12.5. The molecule has 0 bridgehead atoms. The number of nitrogens with one attached hydrogen (secondary N) is 1. The van der Waals surface area contributed by atoms with Crippen molar-refractivity contribution in [2.24, 2.45) is 0 Å². The van der Waals surface area contributed by atoms with Crippen molar-refractivity contribution in [3.8, 4) is 11.5 Å². The van der Waals surface area contributed by atoms with Crippen LogP contribution in [-0.2, 0) is 0 Å². The second-order valence-electron chi connectivity index (χ2n) is 5.21. The number of carbonyl (C=O) groups excluding carboxylic acids is 1. The van der Waals surface area contributed by atoms with Crippen LogP contribution in [-0.4, -0.2) is 26.5 Å². The topological polar surface area (TPSA) is 64.6 Å². The van der Waals surface area contributed by atoms with Gasteiger partial charge in [0.05, 0.1) is 25.5 Å². The van der Waals surface area contributed by atoms with Crippen molar-refractivity contribution in [1.29, 1.82) is 0 Å². The third-order valence-electron chi connectivity index (χ3n) is 3.61. The molecule has 25 heavy (non-hydrogen) atoms. The first-order valence-electron chi connectivity index (χ1n) is 7.92. The van der Waals surface area contributed by atoms with Crippen molar-refractivity contribution in [2.45, 2.75) is 6.92 Å². The van der Waals surface area contributed by atoms with Crippen LogP contribution in [0.5, 0.6) is 11.5 Å². The van der Waals surface area contributed by atoms with E-state index in [0.717, 1.165) is 5.56 Å². The minimum Gasteiger partial charge on any atom is -0.497 e. The number of methoxy groups -OCH3 is 2. The fraction of sp³-hybridized carbons (Fsp3) is 0.200. The van der Waals surface area contributed by atoms with Gasteiger partial charge in [-0.15, -0.1) is 0 Å². The van der Waals surface area contributed by atoms with E-state index in [1.165, 1.54) is 12.1 Å². The second-order valence-corrected chi connectivity index (χ2v) is 5.21. The Labute approximate surface area is 146 Å². The molecule has 0 aliphatic heterocycles. The zero-order valence-corrected chi connectivity index (χ0v) is 14.5. The first kappa shape index (κ1) is 18.3. The first-order valence-corrected chi connectivity index (χ1v) is 7.92. The Morgan fingerprint density at radius 2 is 1.88 bits per heavy atom. The lowest BCUT2D eigenvalue weighted by Crippen LogP contribution is -2.15. The molecular formula is C20H21NO4. The number of anilines is 1. The molecular weight excluding hydrogens is 318 g/mol. The monoisotopic (exact) mass is 339 g/mol.